The van der Waals surface area contributed by atoms with Gasteiger partial charge in [0.2, 0.25) is 0 Å². The van der Waals surface area contributed by atoms with Gasteiger partial charge >= 0.3 is 0 Å². The molecular formula is C15H13NO. The molecule has 1 heterocycles. The van der Waals surface area contributed by atoms with E-state index in [0.717, 1.165) is 11.1 Å². The predicted molar refractivity (Wildman–Crippen MR) is 68.9 cm³/mol. The van der Waals surface area contributed by atoms with Crippen LogP contribution in [0.3, 0.4) is 0 Å². The Morgan fingerprint density at radius 2 is 1.76 bits per heavy atom. The molecule has 2 heteroatoms. The maximum Gasteiger partial charge on any atom is 0.181 e. The number of nitrogens with zero attached hydrogens (tertiary/aromatic N) is 1. The van der Waals surface area contributed by atoms with Gasteiger partial charge < -0.3 is 4.42 Å². The number of benzene rings is 2. The van der Waals surface area contributed by atoms with E-state index in [-0.39, 0.29) is 0 Å². The molecule has 0 spiro atoms. The number of rotatable bonds is 1. The van der Waals surface area contributed by atoms with Gasteiger partial charge in [-0.25, -0.2) is 4.98 Å². The summed E-state index contributed by atoms with van der Waals surface area (Å²) in [6, 6.07) is 12.5. The maximum atomic E-state index is 5.31. The fraction of sp³-hybridized carbons (Fsp3) is 0.133. The van der Waals surface area contributed by atoms with E-state index in [0.29, 0.717) is 0 Å². The molecule has 3 rings (SSSR count). The number of fused-ring (bicyclic) bond motifs is 1. The minimum atomic E-state index is 0.847. The molecule has 0 radical (unpaired) electrons. The Morgan fingerprint density at radius 1 is 0.941 bits per heavy atom. The van der Waals surface area contributed by atoms with Crippen LogP contribution in [0.25, 0.3) is 22.2 Å². The van der Waals surface area contributed by atoms with Crippen molar-refractivity contribution in [2.45, 2.75) is 13.8 Å². The molecule has 1 aromatic heterocycles. The average molecular weight is 223 g/mol. The van der Waals surface area contributed by atoms with E-state index in [9.17, 15) is 0 Å². The average Bonchev–Trinajstić information content (AvgIpc) is 2.76. The maximum absolute atomic E-state index is 5.31. The Balaban J connectivity index is 2.30. The second-order valence-electron chi connectivity index (χ2n) is 4.30. The molecule has 0 aliphatic rings. The van der Waals surface area contributed by atoms with Gasteiger partial charge in [-0.15, -0.1) is 0 Å². The third kappa shape index (κ3) is 1.62. The van der Waals surface area contributed by atoms with Crippen LogP contribution >= 0.6 is 0 Å². The highest BCUT2D eigenvalue weighted by Gasteiger charge is 2.08. The Labute approximate surface area is 99.9 Å². The summed E-state index contributed by atoms with van der Waals surface area (Å²) in [5.41, 5.74) is 6.73. The van der Waals surface area contributed by atoms with Crippen LogP contribution in [0.15, 0.2) is 47.2 Å². The molecule has 84 valence electrons. The van der Waals surface area contributed by atoms with E-state index >= 15 is 0 Å². The van der Waals surface area contributed by atoms with Crippen LogP contribution in [-0.2, 0) is 0 Å². The number of oxazole rings is 1. The van der Waals surface area contributed by atoms with Crippen LogP contribution in [0.1, 0.15) is 11.1 Å². The molecule has 0 atom stereocenters. The van der Waals surface area contributed by atoms with Crippen molar-refractivity contribution in [1.82, 2.24) is 4.98 Å². The topological polar surface area (TPSA) is 26.0 Å². The Hall–Kier alpha value is -2.09. The van der Waals surface area contributed by atoms with Crippen LogP contribution in [0, 0.1) is 13.8 Å². The van der Waals surface area contributed by atoms with Gasteiger partial charge in [-0.3, -0.25) is 0 Å². The minimum absolute atomic E-state index is 0.847. The summed E-state index contributed by atoms with van der Waals surface area (Å²) in [6.07, 6.45) is 1.49. The zero-order valence-electron chi connectivity index (χ0n) is 9.90. The van der Waals surface area contributed by atoms with Crippen molar-refractivity contribution in [3.05, 3.63) is 53.9 Å². The molecule has 3 aromatic rings. The van der Waals surface area contributed by atoms with E-state index in [2.05, 4.69) is 49.2 Å². The van der Waals surface area contributed by atoms with Crippen LogP contribution < -0.4 is 0 Å². The first-order valence-corrected chi connectivity index (χ1v) is 5.65. The van der Waals surface area contributed by atoms with Crippen molar-refractivity contribution >= 4 is 11.1 Å². The normalized spacial score (nSPS) is 10.9. The van der Waals surface area contributed by atoms with E-state index in [1.807, 2.05) is 6.07 Å². The van der Waals surface area contributed by atoms with Crippen molar-refractivity contribution in [3.63, 3.8) is 0 Å². The highest BCUT2D eigenvalue weighted by Crippen LogP contribution is 2.29. The van der Waals surface area contributed by atoms with Crippen molar-refractivity contribution in [1.29, 1.82) is 0 Å². The second kappa shape index (κ2) is 3.74. The van der Waals surface area contributed by atoms with E-state index in [1.54, 1.807) is 0 Å². The Bertz CT molecular complexity index is 682. The van der Waals surface area contributed by atoms with Crippen molar-refractivity contribution in [3.8, 4) is 11.1 Å². The molecule has 0 fully saturated rings. The summed E-state index contributed by atoms with van der Waals surface area (Å²) < 4.78 is 5.31. The lowest BCUT2D eigenvalue weighted by atomic mass is 9.96. The first-order valence-electron chi connectivity index (χ1n) is 5.65. The van der Waals surface area contributed by atoms with E-state index in [4.69, 9.17) is 4.42 Å². The summed E-state index contributed by atoms with van der Waals surface area (Å²) in [4.78, 5) is 4.21. The molecule has 0 aliphatic heterocycles. The van der Waals surface area contributed by atoms with Gasteiger partial charge in [-0.05, 0) is 48.2 Å². The smallest absolute Gasteiger partial charge is 0.181 e. The molecule has 0 N–H and O–H groups in total. The summed E-state index contributed by atoms with van der Waals surface area (Å²) >= 11 is 0. The third-order valence-electron chi connectivity index (χ3n) is 3.11. The first kappa shape index (κ1) is 10.1. The molecular weight excluding hydrogens is 210 g/mol. The summed E-state index contributed by atoms with van der Waals surface area (Å²) in [5, 5.41) is 0. The van der Waals surface area contributed by atoms with Crippen LogP contribution in [0.2, 0.25) is 0 Å². The standard InChI is InChI=1S/C15H13NO/c1-10-5-3-4-6-12(10)13-8-14-15(7-11(13)2)17-9-16-14/h3-9H,1-2H3. The second-order valence-corrected chi connectivity index (χ2v) is 4.30. The minimum Gasteiger partial charge on any atom is -0.443 e. The molecule has 17 heavy (non-hydrogen) atoms. The van der Waals surface area contributed by atoms with Gasteiger partial charge in [-0.2, -0.15) is 0 Å². The van der Waals surface area contributed by atoms with Gasteiger partial charge in [0, 0.05) is 0 Å². The highest BCUT2D eigenvalue weighted by molar-refractivity contribution is 5.83. The monoisotopic (exact) mass is 223 g/mol. The Kier molecular flexibility index (Phi) is 2.22. The lowest BCUT2D eigenvalue weighted by Crippen LogP contribution is -1.86. The summed E-state index contributed by atoms with van der Waals surface area (Å²) in [5.74, 6) is 0. The van der Waals surface area contributed by atoms with E-state index in [1.165, 1.54) is 28.6 Å². The number of aryl methyl sites for hydroxylation is 2. The van der Waals surface area contributed by atoms with Gasteiger partial charge in [0.25, 0.3) is 0 Å². The van der Waals surface area contributed by atoms with Crippen LogP contribution in [0.4, 0.5) is 0 Å². The number of hydrogen-bond acceptors (Lipinski definition) is 2. The predicted octanol–water partition coefficient (Wildman–Crippen LogP) is 4.11. The van der Waals surface area contributed by atoms with Crippen molar-refractivity contribution in [2.75, 3.05) is 0 Å². The zero-order chi connectivity index (χ0) is 11.8. The van der Waals surface area contributed by atoms with Crippen molar-refractivity contribution < 1.29 is 4.42 Å². The summed E-state index contributed by atoms with van der Waals surface area (Å²) in [7, 11) is 0. The summed E-state index contributed by atoms with van der Waals surface area (Å²) in [6.45, 7) is 4.23. The van der Waals surface area contributed by atoms with Crippen LogP contribution in [0.5, 0.6) is 0 Å². The van der Waals surface area contributed by atoms with Crippen molar-refractivity contribution in [2.24, 2.45) is 0 Å². The zero-order valence-corrected chi connectivity index (χ0v) is 9.90. The quantitative estimate of drug-likeness (QED) is 0.620. The van der Waals surface area contributed by atoms with Crippen LogP contribution in [-0.4, -0.2) is 4.98 Å². The molecule has 2 nitrogen and oxygen atoms in total. The fourth-order valence-electron chi connectivity index (χ4n) is 2.17. The van der Waals surface area contributed by atoms with Gasteiger partial charge in [-0.1, -0.05) is 24.3 Å². The first-order chi connectivity index (χ1) is 8.25. The molecule has 0 aliphatic carbocycles. The van der Waals surface area contributed by atoms with Gasteiger partial charge in [0.15, 0.2) is 12.0 Å². The fourth-order valence-corrected chi connectivity index (χ4v) is 2.17. The number of aromatic nitrogens is 1. The molecule has 2 aromatic carbocycles. The third-order valence-corrected chi connectivity index (χ3v) is 3.11. The molecule has 0 saturated heterocycles. The SMILES string of the molecule is Cc1ccccc1-c1cc2ncoc2cc1C. The number of hydrogen-bond donors (Lipinski definition) is 0. The Morgan fingerprint density at radius 3 is 2.59 bits per heavy atom. The lowest BCUT2D eigenvalue weighted by Gasteiger charge is -2.08. The molecule has 0 saturated carbocycles. The molecule has 0 bridgehead atoms. The highest BCUT2D eigenvalue weighted by atomic mass is 16.3. The lowest BCUT2D eigenvalue weighted by molar-refractivity contribution is 0.602. The van der Waals surface area contributed by atoms with Gasteiger partial charge in [0.1, 0.15) is 5.52 Å². The molecule has 0 amide bonds. The van der Waals surface area contributed by atoms with E-state index < -0.39 is 0 Å². The largest absolute Gasteiger partial charge is 0.443 e. The molecule has 0 unspecified atom stereocenters. The van der Waals surface area contributed by atoms with Gasteiger partial charge in [0.05, 0.1) is 0 Å².